The number of hydrogen-bond acceptors (Lipinski definition) is 3. The summed E-state index contributed by atoms with van der Waals surface area (Å²) in [6, 6.07) is 14.4. The minimum atomic E-state index is 0.502. The van der Waals surface area contributed by atoms with Crippen LogP contribution in [0.5, 0.6) is 0 Å². The Hall–Kier alpha value is -1.71. The van der Waals surface area contributed by atoms with E-state index in [0.29, 0.717) is 12.1 Å². The molecule has 2 heterocycles. The number of rotatable bonds is 6. The van der Waals surface area contributed by atoms with Gasteiger partial charge in [0.25, 0.3) is 0 Å². The molecule has 0 radical (unpaired) electrons. The number of pyridine rings is 1. The lowest BCUT2D eigenvalue weighted by Crippen LogP contribution is -2.47. The first-order valence-electron chi connectivity index (χ1n) is 11.3. The van der Waals surface area contributed by atoms with Gasteiger partial charge in [-0.1, -0.05) is 43.7 Å². The fourth-order valence-corrected chi connectivity index (χ4v) is 5.54. The van der Waals surface area contributed by atoms with Crippen LogP contribution in [-0.2, 0) is 19.4 Å². The van der Waals surface area contributed by atoms with Crippen LogP contribution in [0.3, 0.4) is 0 Å². The summed E-state index contributed by atoms with van der Waals surface area (Å²) in [6.07, 6.45) is 9.67. The molecule has 2 aliphatic carbocycles. The summed E-state index contributed by atoms with van der Waals surface area (Å²) in [5.74, 6) is 1.85. The highest BCUT2D eigenvalue weighted by Crippen LogP contribution is 2.44. The molecule has 5 rings (SSSR count). The van der Waals surface area contributed by atoms with Crippen LogP contribution in [0.1, 0.15) is 61.0 Å². The Morgan fingerprint density at radius 3 is 2.75 bits per heavy atom. The molecule has 0 bridgehead atoms. The lowest BCUT2D eigenvalue weighted by Gasteiger charge is -2.38. The van der Waals surface area contributed by atoms with Crippen molar-refractivity contribution in [2.75, 3.05) is 13.1 Å². The highest BCUT2D eigenvalue weighted by molar-refractivity contribution is 5.30. The molecule has 3 aliphatic rings. The van der Waals surface area contributed by atoms with E-state index in [0.717, 1.165) is 31.3 Å². The van der Waals surface area contributed by atoms with Gasteiger partial charge in [0.1, 0.15) is 0 Å². The standard InChI is InChI=1S/C25H33N3/c1-2-18-13-22(18)16-28(24-11-5-9-19-10-6-12-26-25(19)24)17-23-14-20-7-3-4-8-21(20)15-27-23/h3-4,6-8,10,12,18,22-24,27H,2,5,9,11,13-17H2,1H3/t18-,22-,23-,24+/m1/s1. The molecule has 2 aromatic rings. The van der Waals surface area contributed by atoms with E-state index in [1.54, 1.807) is 0 Å². The number of fused-ring (bicyclic) bond motifs is 2. The Kier molecular flexibility index (Phi) is 5.21. The molecule has 1 aliphatic heterocycles. The third-order valence-corrected chi connectivity index (χ3v) is 7.29. The molecule has 28 heavy (non-hydrogen) atoms. The van der Waals surface area contributed by atoms with Gasteiger partial charge in [-0.15, -0.1) is 0 Å². The zero-order valence-corrected chi connectivity index (χ0v) is 17.1. The monoisotopic (exact) mass is 375 g/mol. The highest BCUT2D eigenvalue weighted by atomic mass is 15.2. The number of hydrogen-bond donors (Lipinski definition) is 1. The number of aryl methyl sites for hydroxylation is 1. The minimum Gasteiger partial charge on any atom is -0.308 e. The van der Waals surface area contributed by atoms with E-state index in [-0.39, 0.29) is 0 Å². The van der Waals surface area contributed by atoms with Crippen LogP contribution in [0, 0.1) is 11.8 Å². The maximum absolute atomic E-state index is 4.86. The van der Waals surface area contributed by atoms with Gasteiger partial charge in [0, 0.05) is 31.9 Å². The molecular formula is C25H33N3. The molecule has 0 unspecified atom stereocenters. The van der Waals surface area contributed by atoms with E-state index in [1.165, 1.54) is 61.0 Å². The van der Waals surface area contributed by atoms with Gasteiger partial charge in [0.05, 0.1) is 11.7 Å². The van der Waals surface area contributed by atoms with E-state index >= 15 is 0 Å². The molecule has 1 aromatic carbocycles. The van der Waals surface area contributed by atoms with Gasteiger partial charge in [-0.25, -0.2) is 0 Å². The summed E-state index contributed by atoms with van der Waals surface area (Å²) in [5.41, 5.74) is 5.85. The lowest BCUT2D eigenvalue weighted by molar-refractivity contribution is 0.144. The number of nitrogens with one attached hydrogen (secondary N) is 1. The third-order valence-electron chi connectivity index (χ3n) is 7.29. The second-order valence-electron chi connectivity index (χ2n) is 9.12. The molecular weight excluding hydrogens is 342 g/mol. The molecule has 0 saturated heterocycles. The third kappa shape index (κ3) is 3.75. The quantitative estimate of drug-likeness (QED) is 0.804. The van der Waals surface area contributed by atoms with Crippen molar-refractivity contribution in [3.8, 4) is 0 Å². The Morgan fingerprint density at radius 1 is 1.04 bits per heavy atom. The van der Waals surface area contributed by atoms with Crippen LogP contribution in [0.15, 0.2) is 42.6 Å². The van der Waals surface area contributed by atoms with E-state index in [4.69, 9.17) is 4.98 Å². The first-order valence-corrected chi connectivity index (χ1v) is 11.3. The predicted molar refractivity (Wildman–Crippen MR) is 114 cm³/mol. The maximum Gasteiger partial charge on any atom is 0.0607 e. The Balaban J connectivity index is 1.36. The molecule has 4 atom stereocenters. The fourth-order valence-electron chi connectivity index (χ4n) is 5.54. The summed E-state index contributed by atoms with van der Waals surface area (Å²) >= 11 is 0. The van der Waals surface area contributed by atoms with Crippen molar-refractivity contribution in [1.82, 2.24) is 15.2 Å². The topological polar surface area (TPSA) is 28.2 Å². The normalized spacial score (nSPS) is 28.6. The Labute approximate surface area is 169 Å². The van der Waals surface area contributed by atoms with Crippen molar-refractivity contribution < 1.29 is 0 Å². The van der Waals surface area contributed by atoms with Crippen LogP contribution in [0.25, 0.3) is 0 Å². The molecule has 1 N–H and O–H groups in total. The molecule has 0 amide bonds. The number of aromatic nitrogens is 1. The van der Waals surface area contributed by atoms with Gasteiger partial charge in [-0.3, -0.25) is 9.88 Å². The zero-order chi connectivity index (χ0) is 18.9. The van der Waals surface area contributed by atoms with Crippen molar-refractivity contribution in [3.63, 3.8) is 0 Å². The average Bonchev–Trinajstić information content (AvgIpc) is 3.51. The van der Waals surface area contributed by atoms with Crippen LogP contribution < -0.4 is 5.32 Å². The molecule has 3 nitrogen and oxygen atoms in total. The van der Waals surface area contributed by atoms with Crippen LogP contribution >= 0.6 is 0 Å². The molecule has 1 saturated carbocycles. The van der Waals surface area contributed by atoms with Crippen LogP contribution in [-0.4, -0.2) is 29.0 Å². The van der Waals surface area contributed by atoms with Gasteiger partial charge < -0.3 is 5.32 Å². The molecule has 3 heteroatoms. The lowest BCUT2D eigenvalue weighted by atomic mass is 9.89. The number of nitrogens with zero attached hydrogens (tertiary/aromatic N) is 2. The second-order valence-corrected chi connectivity index (χ2v) is 9.12. The van der Waals surface area contributed by atoms with Gasteiger partial charge in [-0.05, 0) is 66.7 Å². The van der Waals surface area contributed by atoms with Crippen LogP contribution in [0.4, 0.5) is 0 Å². The molecule has 148 valence electrons. The van der Waals surface area contributed by atoms with Gasteiger partial charge in [0.15, 0.2) is 0 Å². The molecule has 1 fully saturated rings. The zero-order valence-electron chi connectivity index (χ0n) is 17.1. The van der Waals surface area contributed by atoms with E-state index in [2.05, 4.69) is 53.5 Å². The van der Waals surface area contributed by atoms with Gasteiger partial charge in [0.2, 0.25) is 0 Å². The van der Waals surface area contributed by atoms with Crippen molar-refractivity contribution in [2.45, 2.75) is 64.1 Å². The fraction of sp³-hybridized carbons (Fsp3) is 0.560. The Bertz CT molecular complexity index is 817. The predicted octanol–water partition coefficient (Wildman–Crippen LogP) is 4.52. The molecule has 1 aromatic heterocycles. The van der Waals surface area contributed by atoms with Crippen molar-refractivity contribution in [3.05, 3.63) is 65.0 Å². The smallest absolute Gasteiger partial charge is 0.0607 e. The van der Waals surface area contributed by atoms with E-state index < -0.39 is 0 Å². The van der Waals surface area contributed by atoms with Gasteiger partial charge >= 0.3 is 0 Å². The first kappa shape index (κ1) is 18.3. The summed E-state index contributed by atoms with van der Waals surface area (Å²) in [6.45, 7) is 5.75. The second kappa shape index (κ2) is 7.96. The van der Waals surface area contributed by atoms with Crippen molar-refractivity contribution in [2.24, 2.45) is 11.8 Å². The number of benzene rings is 1. The summed E-state index contributed by atoms with van der Waals surface area (Å²) in [7, 11) is 0. The van der Waals surface area contributed by atoms with E-state index in [9.17, 15) is 0 Å². The maximum atomic E-state index is 4.86. The van der Waals surface area contributed by atoms with Crippen LogP contribution in [0.2, 0.25) is 0 Å². The average molecular weight is 376 g/mol. The summed E-state index contributed by atoms with van der Waals surface area (Å²) < 4.78 is 0. The summed E-state index contributed by atoms with van der Waals surface area (Å²) in [5, 5.41) is 3.83. The van der Waals surface area contributed by atoms with Crippen molar-refractivity contribution >= 4 is 0 Å². The van der Waals surface area contributed by atoms with Crippen molar-refractivity contribution in [1.29, 1.82) is 0 Å². The van der Waals surface area contributed by atoms with Gasteiger partial charge in [-0.2, -0.15) is 0 Å². The SMILES string of the molecule is CC[C@@H]1C[C@@H]1CN(C[C@H]1Cc2ccccc2CN1)[C@H]1CCCc2cccnc21. The minimum absolute atomic E-state index is 0.502. The first-order chi connectivity index (χ1) is 13.8. The summed E-state index contributed by atoms with van der Waals surface area (Å²) in [4.78, 5) is 7.66. The molecule has 0 spiro atoms. The van der Waals surface area contributed by atoms with E-state index in [1.807, 2.05) is 6.20 Å². The highest BCUT2D eigenvalue weighted by Gasteiger charge is 2.39. The Morgan fingerprint density at radius 2 is 1.89 bits per heavy atom. The largest absolute Gasteiger partial charge is 0.308 e.